The minimum Gasteiger partial charge on any atom is -0.481 e. The van der Waals surface area contributed by atoms with Gasteiger partial charge < -0.3 is 15.9 Å². The second-order valence-electron chi connectivity index (χ2n) is 6.31. The topological polar surface area (TPSA) is 83.5 Å². The molecule has 24 heavy (non-hydrogen) atoms. The van der Waals surface area contributed by atoms with Crippen LogP contribution >= 0.6 is 0 Å². The summed E-state index contributed by atoms with van der Waals surface area (Å²) in [5, 5.41) is 18.5. The molecule has 4 nitrogen and oxygen atoms in total. The van der Waals surface area contributed by atoms with Crippen LogP contribution in [0, 0.1) is 0 Å². The molecular weight excluding hydrogens is 302 g/mol. The molecule has 0 aliphatic rings. The van der Waals surface area contributed by atoms with Gasteiger partial charge in [-0.15, -0.1) is 0 Å². The Bertz CT molecular complexity index is 513. The SMILES string of the molecule is CCCCC[C@@H](N)c1ccccc1/C=C/CC(O)CCCC(=O)O. The van der Waals surface area contributed by atoms with Crippen LogP contribution < -0.4 is 5.73 Å². The summed E-state index contributed by atoms with van der Waals surface area (Å²) in [6.07, 6.45) is 9.62. The normalized spacial score (nSPS) is 14.0. The van der Waals surface area contributed by atoms with Gasteiger partial charge in [0.1, 0.15) is 0 Å². The summed E-state index contributed by atoms with van der Waals surface area (Å²) in [6.45, 7) is 2.18. The van der Waals surface area contributed by atoms with Crippen LogP contribution in [0.3, 0.4) is 0 Å². The number of nitrogens with two attached hydrogens (primary N) is 1. The van der Waals surface area contributed by atoms with Crippen LogP contribution in [0.15, 0.2) is 30.3 Å². The fraction of sp³-hybridized carbons (Fsp3) is 0.550. The van der Waals surface area contributed by atoms with Gasteiger partial charge in [-0.2, -0.15) is 0 Å². The number of hydrogen-bond donors (Lipinski definition) is 3. The van der Waals surface area contributed by atoms with Gasteiger partial charge in [0.05, 0.1) is 6.10 Å². The van der Waals surface area contributed by atoms with E-state index in [9.17, 15) is 9.90 Å². The fourth-order valence-corrected chi connectivity index (χ4v) is 2.73. The van der Waals surface area contributed by atoms with Crippen LogP contribution in [-0.2, 0) is 4.79 Å². The van der Waals surface area contributed by atoms with Crippen LogP contribution in [0.5, 0.6) is 0 Å². The van der Waals surface area contributed by atoms with E-state index in [2.05, 4.69) is 13.0 Å². The molecule has 0 aliphatic heterocycles. The average molecular weight is 333 g/mol. The number of aliphatic hydroxyl groups excluding tert-OH is 1. The summed E-state index contributed by atoms with van der Waals surface area (Å²) >= 11 is 0. The molecule has 1 aromatic rings. The molecule has 0 radical (unpaired) electrons. The Kier molecular flexibility index (Phi) is 10.0. The number of unbranched alkanes of at least 4 members (excludes halogenated alkanes) is 2. The standard InChI is InChI=1S/C20H31NO3/c1-2-3-4-14-19(21)18-13-6-5-9-16(18)10-7-11-17(22)12-8-15-20(23)24/h5-7,9-10,13,17,19,22H,2-4,8,11-12,14-15,21H2,1H3,(H,23,24)/b10-7+/t17?,19-/m1/s1. The Morgan fingerprint density at radius 2 is 1.96 bits per heavy atom. The predicted molar refractivity (Wildman–Crippen MR) is 98.7 cm³/mol. The molecule has 1 rings (SSSR count). The maximum absolute atomic E-state index is 10.5. The lowest BCUT2D eigenvalue weighted by Gasteiger charge is -2.15. The van der Waals surface area contributed by atoms with Crippen LogP contribution in [0.25, 0.3) is 6.08 Å². The number of carboxylic acid groups (broad SMARTS) is 1. The van der Waals surface area contributed by atoms with E-state index in [-0.39, 0.29) is 12.5 Å². The summed E-state index contributed by atoms with van der Waals surface area (Å²) in [7, 11) is 0. The Balaban J connectivity index is 2.53. The highest BCUT2D eigenvalue weighted by atomic mass is 16.4. The van der Waals surface area contributed by atoms with E-state index in [0.717, 1.165) is 24.0 Å². The van der Waals surface area contributed by atoms with E-state index >= 15 is 0 Å². The Hall–Kier alpha value is -1.65. The minimum atomic E-state index is -0.816. The van der Waals surface area contributed by atoms with E-state index in [1.54, 1.807) is 0 Å². The zero-order valence-electron chi connectivity index (χ0n) is 14.7. The molecule has 0 spiro atoms. The van der Waals surface area contributed by atoms with Gasteiger partial charge >= 0.3 is 5.97 Å². The maximum atomic E-state index is 10.5. The van der Waals surface area contributed by atoms with Crippen LogP contribution in [0.1, 0.15) is 75.5 Å². The first-order valence-electron chi connectivity index (χ1n) is 8.95. The van der Waals surface area contributed by atoms with Gasteiger partial charge in [-0.25, -0.2) is 0 Å². The van der Waals surface area contributed by atoms with Crippen molar-refractivity contribution in [3.8, 4) is 0 Å². The van der Waals surface area contributed by atoms with Crippen LogP contribution in [0.4, 0.5) is 0 Å². The lowest BCUT2D eigenvalue weighted by Crippen LogP contribution is -2.11. The molecule has 134 valence electrons. The number of carbonyl (C=O) groups is 1. The summed E-state index contributed by atoms with van der Waals surface area (Å²) < 4.78 is 0. The highest BCUT2D eigenvalue weighted by Gasteiger charge is 2.09. The quantitative estimate of drug-likeness (QED) is 0.498. The van der Waals surface area contributed by atoms with E-state index in [0.29, 0.717) is 19.3 Å². The summed E-state index contributed by atoms with van der Waals surface area (Å²) in [4.78, 5) is 10.5. The lowest BCUT2D eigenvalue weighted by molar-refractivity contribution is -0.137. The molecule has 0 heterocycles. The van der Waals surface area contributed by atoms with Crippen molar-refractivity contribution < 1.29 is 15.0 Å². The third-order valence-corrected chi connectivity index (χ3v) is 4.15. The predicted octanol–water partition coefficient (Wildman–Crippen LogP) is 4.29. The summed E-state index contributed by atoms with van der Waals surface area (Å²) in [5.41, 5.74) is 8.56. The number of aliphatic hydroxyl groups is 1. The van der Waals surface area contributed by atoms with Crippen molar-refractivity contribution in [2.45, 2.75) is 70.4 Å². The van der Waals surface area contributed by atoms with Crippen LogP contribution in [-0.4, -0.2) is 22.3 Å². The van der Waals surface area contributed by atoms with Crippen molar-refractivity contribution in [3.05, 3.63) is 41.5 Å². The van der Waals surface area contributed by atoms with E-state index in [4.69, 9.17) is 10.8 Å². The summed E-state index contributed by atoms with van der Waals surface area (Å²) in [5.74, 6) is -0.816. The van der Waals surface area contributed by atoms with Crippen molar-refractivity contribution in [2.75, 3.05) is 0 Å². The monoisotopic (exact) mass is 333 g/mol. The van der Waals surface area contributed by atoms with Crippen molar-refractivity contribution in [1.29, 1.82) is 0 Å². The summed E-state index contributed by atoms with van der Waals surface area (Å²) in [6, 6.07) is 8.15. The van der Waals surface area contributed by atoms with Gasteiger partial charge in [0, 0.05) is 12.5 Å². The molecular formula is C20H31NO3. The van der Waals surface area contributed by atoms with Crippen molar-refractivity contribution in [3.63, 3.8) is 0 Å². The van der Waals surface area contributed by atoms with E-state index < -0.39 is 12.1 Å². The van der Waals surface area contributed by atoms with Gasteiger partial charge in [-0.05, 0) is 36.8 Å². The van der Waals surface area contributed by atoms with Gasteiger partial charge in [-0.1, -0.05) is 62.6 Å². The third-order valence-electron chi connectivity index (χ3n) is 4.15. The third kappa shape index (κ3) is 8.27. The van der Waals surface area contributed by atoms with Gasteiger partial charge in [0.2, 0.25) is 0 Å². The van der Waals surface area contributed by atoms with Gasteiger partial charge in [0.25, 0.3) is 0 Å². The Morgan fingerprint density at radius 1 is 1.21 bits per heavy atom. The average Bonchev–Trinajstić information content (AvgIpc) is 2.55. The molecule has 0 aromatic heterocycles. The maximum Gasteiger partial charge on any atom is 0.303 e. The van der Waals surface area contributed by atoms with Crippen molar-refractivity contribution in [2.24, 2.45) is 5.73 Å². The number of rotatable bonds is 12. The first kappa shape index (κ1) is 20.4. The first-order valence-corrected chi connectivity index (χ1v) is 8.95. The first-order chi connectivity index (χ1) is 11.5. The molecule has 1 unspecified atom stereocenters. The molecule has 1 aromatic carbocycles. The number of benzene rings is 1. The Labute approximate surface area is 145 Å². The molecule has 0 saturated carbocycles. The number of aliphatic carboxylic acids is 1. The molecule has 0 amide bonds. The van der Waals surface area contributed by atoms with Crippen molar-refractivity contribution >= 4 is 12.0 Å². The molecule has 0 fully saturated rings. The Morgan fingerprint density at radius 3 is 2.67 bits per heavy atom. The minimum absolute atomic E-state index is 0.0397. The van der Waals surface area contributed by atoms with Crippen LogP contribution in [0.2, 0.25) is 0 Å². The second-order valence-corrected chi connectivity index (χ2v) is 6.31. The fourth-order valence-electron chi connectivity index (χ4n) is 2.73. The van der Waals surface area contributed by atoms with Crippen molar-refractivity contribution in [1.82, 2.24) is 0 Å². The second kappa shape index (κ2) is 11.8. The van der Waals surface area contributed by atoms with Gasteiger partial charge in [-0.3, -0.25) is 4.79 Å². The smallest absolute Gasteiger partial charge is 0.303 e. The zero-order chi connectivity index (χ0) is 17.8. The molecule has 4 heteroatoms. The molecule has 0 saturated heterocycles. The number of hydrogen-bond acceptors (Lipinski definition) is 3. The number of carboxylic acids is 1. The lowest BCUT2D eigenvalue weighted by atomic mass is 9.96. The van der Waals surface area contributed by atoms with Gasteiger partial charge in [0.15, 0.2) is 0 Å². The molecule has 4 N–H and O–H groups in total. The highest BCUT2D eigenvalue weighted by molar-refractivity contribution is 5.66. The largest absolute Gasteiger partial charge is 0.481 e. The highest BCUT2D eigenvalue weighted by Crippen LogP contribution is 2.22. The molecule has 0 aliphatic carbocycles. The molecule has 2 atom stereocenters. The molecule has 0 bridgehead atoms. The van der Waals surface area contributed by atoms with E-state index in [1.807, 2.05) is 30.4 Å². The zero-order valence-corrected chi connectivity index (χ0v) is 14.7. The van der Waals surface area contributed by atoms with E-state index in [1.165, 1.54) is 12.8 Å².